The van der Waals surface area contributed by atoms with E-state index in [1.54, 1.807) is 17.4 Å². The van der Waals surface area contributed by atoms with Crippen LogP contribution in [0, 0.1) is 0 Å². The number of primary amides is 1. The number of carbonyl (C=O) groups is 1. The van der Waals surface area contributed by atoms with Crippen molar-refractivity contribution in [2.45, 2.75) is 6.54 Å². The van der Waals surface area contributed by atoms with E-state index in [2.05, 4.69) is 16.4 Å². The quantitative estimate of drug-likeness (QED) is 0.455. The third kappa shape index (κ3) is 3.47. The zero-order valence-corrected chi connectivity index (χ0v) is 15.3. The maximum absolute atomic E-state index is 11.9. The van der Waals surface area contributed by atoms with Gasteiger partial charge in [0.15, 0.2) is 0 Å². The fourth-order valence-electron chi connectivity index (χ4n) is 3.05. The van der Waals surface area contributed by atoms with Gasteiger partial charge < -0.3 is 16.8 Å². The Hall–Kier alpha value is -3.38. The summed E-state index contributed by atoms with van der Waals surface area (Å²) in [6.07, 6.45) is 0. The predicted molar refractivity (Wildman–Crippen MR) is 112 cm³/mol. The first-order valence-electron chi connectivity index (χ1n) is 8.46. The molecule has 5 nitrogen and oxygen atoms in total. The van der Waals surface area contributed by atoms with Crippen molar-refractivity contribution in [3.63, 3.8) is 0 Å². The van der Waals surface area contributed by atoms with Crippen LogP contribution in [0.25, 0.3) is 21.3 Å². The molecule has 0 bridgehead atoms. The number of hydrogen-bond acceptors (Lipinski definition) is 5. The summed E-state index contributed by atoms with van der Waals surface area (Å²) >= 11 is 1.61. The minimum atomic E-state index is -0.469. The van der Waals surface area contributed by atoms with E-state index in [-0.39, 0.29) is 0 Å². The third-order valence-electron chi connectivity index (χ3n) is 4.43. The number of carbonyl (C=O) groups excluding carboxylic acids is 1. The van der Waals surface area contributed by atoms with Crippen molar-refractivity contribution in [1.82, 2.24) is 4.98 Å². The Morgan fingerprint density at radius 2 is 1.89 bits per heavy atom. The number of hydrogen-bond donors (Lipinski definition) is 3. The van der Waals surface area contributed by atoms with Gasteiger partial charge in [-0.25, -0.2) is 4.98 Å². The van der Waals surface area contributed by atoms with E-state index < -0.39 is 5.91 Å². The van der Waals surface area contributed by atoms with Crippen LogP contribution in [0.2, 0.25) is 0 Å². The van der Waals surface area contributed by atoms with Crippen LogP contribution >= 0.6 is 11.3 Å². The van der Waals surface area contributed by atoms with Gasteiger partial charge >= 0.3 is 0 Å². The van der Waals surface area contributed by atoms with Gasteiger partial charge in [-0.15, -0.1) is 11.3 Å². The van der Waals surface area contributed by atoms with Crippen molar-refractivity contribution < 1.29 is 4.79 Å². The molecule has 3 aromatic carbocycles. The summed E-state index contributed by atoms with van der Waals surface area (Å²) in [5, 5.41) is 3.42. The molecule has 0 atom stereocenters. The standard InChI is InChI=1S/C21H18N4OS/c22-18-4-2-1-3-15(18)17-9-13(5-7-16(17)21(23)26)11-24-14-6-8-19-20(10-14)27-12-25-19/h1-10,12,24H,11,22H2,(H2,23,26). The summed E-state index contributed by atoms with van der Waals surface area (Å²) in [7, 11) is 0. The number of fused-ring (bicyclic) bond motifs is 1. The maximum Gasteiger partial charge on any atom is 0.249 e. The largest absolute Gasteiger partial charge is 0.398 e. The molecule has 0 radical (unpaired) electrons. The van der Waals surface area contributed by atoms with Gasteiger partial charge in [0, 0.05) is 29.0 Å². The molecule has 6 heteroatoms. The van der Waals surface area contributed by atoms with Crippen LogP contribution in [0.4, 0.5) is 11.4 Å². The Labute approximate surface area is 160 Å². The normalized spacial score (nSPS) is 10.8. The summed E-state index contributed by atoms with van der Waals surface area (Å²) in [6, 6.07) is 19.2. The Morgan fingerprint density at radius 1 is 1.04 bits per heavy atom. The van der Waals surface area contributed by atoms with E-state index in [9.17, 15) is 4.79 Å². The van der Waals surface area contributed by atoms with E-state index in [1.807, 2.05) is 54.0 Å². The number of nitrogens with one attached hydrogen (secondary N) is 1. The first kappa shape index (κ1) is 17.1. The van der Waals surface area contributed by atoms with Crippen molar-refractivity contribution in [3.8, 4) is 11.1 Å². The molecular formula is C21H18N4OS. The molecule has 0 saturated heterocycles. The van der Waals surface area contributed by atoms with E-state index >= 15 is 0 Å². The second-order valence-corrected chi connectivity index (χ2v) is 7.11. The van der Waals surface area contributed by atoms with Gasteiger partial charge in [0.25, 0.3) is 0 Å². The molecule has 1 amide bonds. The number of nitrogens with zero attached hydrogens (tertiary/aromatic N) is 1. The number of thiazole rings is 1. The second-order valence-electron chi connectivity index (χ2n) is 6.22. The first-order valence-corrected chi connectivity index (χ1v) is 9.34. The molecule has 27 heavy (non-hydrogen) atoms. The average Bonchev–Trinajstić information content (AvgIpc) is 3.14. The Morgan fingerprint density at radius 3 is 2.70 bits per heavy atom. The van der Waals surface area contributed by atoms with Gasteiger partial charge in [-0.2, -0.15) is 0 Å². The predicted octanol–water partition coefficient (Wildman–Crippen LogP) is 4.26. The van der Waals surface area contributed by atoms with Crippen LogP contribution < -0.4 is 16.8 Å². The van der Waals surface area contributed by atoms with E-state index in [0.29, 0.717) is 17.8 Å². The number of para-hydroxylation sites is 1. The maximum atomic E-state index is 11.9. The highest BCUT2D eigenvalue weighted by Crippen LogP contribution is 2.30. The van der Waals surface area contributed by atoms with Crippen molar-refractivity contribution in [2.24, 2.45) is 5.73 Å². The molecule has 0 aliphatic carbocycles. The van der Waals surface area contributed by atoms with Gasteiger partial charge in [-0.1, -0.05) is 24.3 Å². The van der Waals surface area contributed by atoms with Crippen LogP contribution in [0.5, 0.6) is 0 Å². The van der Waals surface area contributed by atoms with E-state index in [1.165, 1.54) is 0 Å². The van der Waals surface area contributed by atoms with Gasteiger partial charge in [0.1, 0.15) is 0 Å². The Balaban J connectivity index is 1.64. The van der Waals surface area contributed by atoms with Crippen LogP contribution in [0.15, 0.2) is 66.2 Å². The topological polar surface area (TPSA) is 94.0 Å². The monoisotopic (exact) mass is 374 g/mol. The highest BCUT2D eigenvalue weighted by Gasteiger charge is 2.13. The zero-order chi connectivity index (χ0) is 18.8. The molecule has 0 aliphatic heterocycles. The number of amides is 1. The lowest BCUT2D eigenvalue weighted by Gasteiger charge is -2.13. The molecule has 0 saturated carbocycles. The fraction of sp³-hybridized carbons (Fsp3) is 0.0476. The van der Waals surface area contributed by atoms with E-state index in [0.717, 1.165) is 32.6 Å². The molecule has 0 spiro atoms. The molecule has 0 fully saturated rings. The Bertz CT molecular complexity index is 1140. The first-order chi connectivity index (χ1) is 13.1. The van der Waals surface area contributed by atoms with Gasteiger partial charge in [-0.3, -0.25) is 4.79 Å². The minimum absolute atomic E-state index is 0.461. The number of nitrogens with two attached hydrogens (primary N) is 2. The van der Waals surface area contributed by atoms with Crippen molar-refractivity contribution in [1.29, 1.82) is 0 Å². The third-order valence-corrected chi connectivity index (χ3v) is 5.22. The molecule has 4 rings (SSSR count). The highest BCUT2D eigenvalue weighted by molar-refractivity contribution is 7.16. The summed E-state index contributed by atoms with van der Waals surface area (Å²) in [5.74, 6) is -0.469. The van der Waals surface area contributed by atoms with Crippen LogP contribution in [-0.4, -0.2) is 10.9 Å². The smallest absolute Gasteiger partial charge is 0.249 e. The molecule has 4 aromatic rings. The van der Waals surface area contributed by atoms with Gasteiger partial charge in [0.05, 0.1) is 15.7 Å². The highest BCUT2D eigenvalue weighted by atomic mass is 32.1. The lowest BCUT2D eigenvalue weighted by Crippen LogP contribution is -2.13. The van der Waals surface area contributed by atoms with Gasteiger partial charge in [0.2, 0.25) is 5.91 Å². The molecule has 5 N–H and O–H groups in total. The van der Waals surface area contributed by atoms with Crippen LogP contribution in [0.1, 0.15) is 15.9 Å². The fourth-order valence-corrected chi connectivity index (χ4v) is 3.77. The number of benzene rings is 3. The molecule has 134 valence electrons. The number of aromatic nitrogens is 1. The molecule has 1 aromatic heterocycles. The second kappa shape index (κ2) is 7.09. The summed E-state index contributed by atoms with van der Waals surface area (Å²) in [4.78, 5) is 16.1. The number of nitrogen functional groups attached to an aromatic ring is 1. The van der Waals surface area contributed by atoms with Crippen molar-refractivity contribution >= 4 is 38.8 Å². The van der Waals surface area contributed by atoms with Crippen LogP contribution in [-0.2, 0) is 6.54 Å². The zero-order valence-electron chi connectivity index (χ0n) is 14.5. The molecule has 0 unspecified atom stereocenters. The summed E-state index contributed by atoms with van der Waals surface area (Å²) in [6.45, 7) is 0.614. The Kier molecular flexibility index (Phi) is 4.48. The van der Waals surface area contributed by atoms with E-state index in [4.69, 9.17) is 11.5 Å². The molecule has 0 aliphatic rings. The van der Waals surface area contributed by atoms with Crippen molar-refractivity contribution in [2.75, 3.05) is 11.1 Å². The van der Waals surface area contributed by atoms with Gasteiger partial charge in [-0.05, 0) is 47.5 Å². The average molecular weight is 374 g/mol. The minimum Gasteiger partial charge on any atom is -0.398 e. The van der Waals surface area contributed by atoms with Crippen molar-refractivity contribution in [3.05, 3.63) is 77.3 Å². The number of rotatable bonds is 5. The lowest BCUT2D eigenvalue weighted by molar-refractivity contribution is 0.100. The summed E-state index contributed by atoms with van der Waals surface area (Å²) in [5.41, 5.74) is 19.2. The SMILES string of the molecule is NC(=O)c1ccc(CNc2ccc3ncsc3c2)cc1-c1ccccc1N. The summed E-state index contributed by atoms with van der Waals surface area (Å²) < 4.78 is 1.14. The number of anilines is 2. The molecule has 1 heterocycles. The van der Waals surface area contributed by atoms with Crippen LogP contribution in [0.3, 0.4) is 0 Å². The molecular weight excluding hydrogens is 356 g/mol. The lowest BCUT2D eigenvalue weighted by atomic mass is 9.95.